The van der Waals surface area contributed by atoms with E-state index in [0.717, 1.165) is 0 Å². The second kappa shape index (κ2) is 8.95. The summed E-state index contributed by atoms with van der Waals surface area (Å²) in [7, 11) is 1.56. The highest BCUT2D eigenvalue weighted by Gasteiger charge is 2.30. The molecule has 1 aliphatic rings. The van der Waals surface area contributed by atoms with Crippen LogP contribution in [0.2, 0.25) is 0 Å². The van der Waals surface area contributed by atoms with Crippen LogP contribution in [0.25, 0.3) is 11.5 Å². The molecule has 0 fully saturated rings. The van der Waals surface area contributed by atoms with Crippen LogP contribution in [0.1, 0.15) is 24.6 Å². The highest BCUT2D eigenvalue weighted by molar-refractivity contribution is 5.81. The molecular formula is C22H23N5O4. The predicted octanol–water partition coefficient (Wildman–Crippen LogP) is 1.98. The molecule has 0 bridgehead atoms. The molecule has 0 aliphatic carbocycles. The zero-order chi connectivity index (χ0) is 21.8. The van der Waals surface area contributed by atoms with E-state index in [4.69, 9.17) is 9.47 Å². The summed E-state index contributed by atoms with van der Waals surface area (Å²) in [6, 6.07) is 7.23. The normalized spacial score (nSPS) is 13.9. The van der Waals surface area contributed by atoms with Crippen LogP contribution in [0.3, 0.4) is 0 Å². The summed E-state index contributed by atoms with van der Waals surface area (Å²) in [4.78, 5) is 43.0. The zero-order valence-electron chi connectivity index (χ0n) is 17.4. The number of amides is 1. The van der Waals surface area contributed by atoms with Crippen molar-refractivity contribution >= 4 is 5.91 Å². The van der Waals surface area contributed by atoms with Gasteiger partial charge in [-0.1, -0.05) is 19.1 Å². The van der Waals surface area contributed by atoms with E-state index in [1.54, 1.807) is 30.3 Å². The van der Waals surface area contributed by atoms with E-state index in [-0.39, 0.29) is 18.0 Å². The maximum atomic E-state index is 13.2. The van der Waals surface area contributed by atoms with Crippen LogP contribution in [-0.4, -0.2) is 50.5 Å². The summed E-state index contributed by atoms with van der Waals surface area (Å²) < 4.78 is 11.3. The van der Waals surface area contributed by atoms with E-state index in [0.29, 0.717) is 53.7 Å². The number of H-pyrrole nitrogens is 1. The molecule has 0 radical (unpaired) electrons. The van der Waals surface area contributed by atoms with Gasteiger partial charge in [-0.3, -0.25) is 14.6 Å². The largest absolute Gasteiger partial charge is 0.493 e. The molecule has 0 saturated carbocycles. The van der Waals surface area contributed by atoms with E-state index >= 15 is 0 Å². The smallest absolute Gasteiger partial charge is 0.263 e. The van der Waals surface area contributed by atoms with Crippen molar-refractivity contribution in [3.63, 3.8) is 0 Å². The van der Waals surface area contributed by atoms with E-state index in [2.05, 4.69) is 19.9 Å². The fourth-order valence-corrected chi connectivity index (χ4v) is 3.55. The van der Waals surface area contributed by atoms with Crippen molar-refractivity contribution in [2.75, 3.05) is 13.7 Å². The molecule has 1 aromatic carbocycles. The first-order valence-corrected chi connectivity index (χ1v) is 10.1. The van der Waals surface area contributed by atoms with Gasteiger partial charge in [0.05, 0.1) is 25.5 Å². The Morgan fingerprint density at radius 2 is 2.06 bits per heavy atom. The number of nitrogens with one attached hydrogen (secondary N) is 1. The Kier molecular flexibility index (Phi) is 5.92. The van der Waals surface area contributed by atoms with Gasteiger partial charge in [-0.2, -0.15) is 0 Å². The summed E-state index contributed by atoms with van der Waals surface area (Å²) in [5, 5.41) is 0. The van der Waals surface area contributed by atoms with Crippen LogP contribution in [-0.2, 0) is 17.8 Å². The first-order valence-electron chi connectivity index (χ1n) is 10.1. The summed E-state index contributed by atoms with van der Waals surface area (Å²) in [6.45, 7) is 2.55. The topological polar surface area (TPSA) is 110 Å². The maximum Gasteiger partial charge on any atom is 0.263 e. The number of ether oxygens (including phenoxy) is 2. The number of para-hydroxylation sites is 2. The summed E-state index contributed by atoms with van der Waals surface area (Å²) >= 11 is 0. The molecular weight excluding hydrogens is 398 g/mol. The zero-order valence-corrected chi connectivity index (χ0v) is 17.4. The van der Waals surface area contributed by atoms with Crippen molar-refractivity contribution in [2.24, 2.45) is 0 Å². The number of aromatic amines is 1. The molecule has 1 unspecified atom stereocenters. The quantitative estimate of drug-likeness (QED) is 0.648. The maximum absolute atomic E-state index is 13.2. The van der Waals surface area contributed by atoms with Gasteiger partial charge < -0.3 is 19.4 Å². The van der Waals surface area contributed by atoms with Gasteiger partial charge in [0.25, 0.3) is 11.5 Å². The Balaban J connectivity index is 1.56. The molecule has 9 nitrogen and oxygen atoms in total. The number of rotatable bonds is 6. The van der Waals surface area contributed by atoms with E-state index in [9.17, 15) is 9.59 Å². The second-order valence-corrected chi connectivity index (χ2v) is 7.11. The average Bonchev–Trinajstić information content (AvgIpc) is 2.82. The van der Waals surface area contributed by atoms with E-state index in [1.807, 2.05) is 19.1 Å². The average molecular weight is 421 g/mol. The molecule has 1 amide bonds. The van der Waals surface area contributed by atoms with Gasteiger partial charge in [-0.15, -0.1) is 0 Å². The lowest BCUT2D eigenvalue weighted by molar-refractivity contribution is -0.140. The molecule has 2 aromatic heterocycles. The Hall–Kier alpha value is -3.75. The molecule has 0 spiro atoms. The third-order valence-corrected chi connectivity index (χ3v) is 5.18. The van der Waals surface area contributed by atoms with Gasteiger partial charge in [0.2, 0.25) is 0 Å². The van der Waals surface area contributed by atoms with Gasteiger partial charge in [-0.05, 0) is 25.0 Å². The lowest BCUT2D eigenvalue weighted by Crippen LogP contribution is -2.45. The molecule has 4 rings (SSSR count). The Morgan fingerprint density at radius 1 is 1.26 bits per heavy atom. The Bertz CT molecular complexity index is 1130. The van der Waals surface area contributed by atoms with Crippen molar-refractivity contribution in [2.45, 2.75) is 32.4 Å². The minimum absolute atomic E-state index is 0.151. The molecule has 31 heavy (non-hydrogen) atoms. The van der Waals surface area contributed by atoms with Crippen LogP contribution in [0.15, 0.2) is 47.7 Å². The minimum Gasteiger partial charge on any atom is -0.493 e. The lowest BCUT2D eigenvalue weighted by Gasteiger charge is -2.31. The standard InChI is InChI=1S/C22H23N5O4/c1-3-17(31-19-7-5-4-6-18(19)30-2)22(29)27-11-8-14-16(13-27)25-20(26-21(14)28)15-12-23-9-10-24-15/h4-7,9-10,12,17H,3,8,11,13H2,1-2H3,(H,25,26,28). The SMILES string of the molecule is CCC(Oc1ccccc1OC)C(=O)N1CCc2c(nc(-c3cnccn3)[nH]c2=O)C1. The Labute approximate surface area is 179 Å². The fraction of sp³-hybridized carbons (Fsp3) is 0.318. The predicted molar refractivity (Wildman–Crippen MR) is 113 cm³/mol. The first kappa shape index (κ1) is 20.5. The molecule has 160 valence electrons. The fourth-order valence-electron chi connectivity index (χ4n) is 3.55. The lowest BCUT2D eigenvalue weighted by atomic mass is 10.1. The minimum atomic E-state index is -0.667. The van der Waals surface area contributed by atoms with E-state index in [1.165, 1.54) is 12.4 Å². The molecule has 9 heteroatoms. The van der Waals surface area contributed by atoms with Crippen LogP contribution >= 0.6 is 0 Å². The van der Waals surface area contributed by atoms with Crippen molar-refractivity contribution in [3.05, 3.63) is 64.5 Å². The van der Waals surface area contributed by atoms with Crippen molar-refractivity contribution < 1.29 is 14.3 Å². The van der Waals surface area contributed by atoms with Crippen LogP contribution in [0, 0.1) is 0 Å². The third-order valence-electron chi connectivity index (χ3n) is 5.18. The van der Waals surface area contributed by atoms with Crippen molar-refractivity contribution in [1.29, 1.82) is 0 Å². The molecule has 1 atom stereocenters. The molecule has 1 N–H and O–H groups in total. The summed E-state index contributed by atoms with van der Waals surface area (Å²) in [6.07, 6.45) is 4.87. The number of nitrogens with zero attached hydrogens (tertiary/aromatic N) is 4. The van der Waals surface area contributed by atoms with Gasteiger partial charge in [0, 0.05) is 24.5 Å². The molecule has 1 aliphatic heterocycles. The van der Waals surface area contributed by atoms with Gasteiger partial charge in [0.1, 0.15) is 5.69 Å². The van der Waals surface area contributed by atoms with Crippen LogP contribution in [0.5, 0.6) is 11.5 Å². The van der Waals surface area contributed by atoms with Gasteiger partial charge >= 0.3 is 0 Å². The van der Waals surface area contributed by atoms with Crippen molar-refractivity contribution in [1.82, 2.24) is 24.8 Å². The number of carbonyl (C=O) groups excluding carboxylic acids is 1. The molecule has 0 saturated heterocycles. The summed E-state index contributed by atoms with van der Waals surface area (Å²) in [5.74, 6) is 1.27. The number of aromatic nitrogens is 4. The monoisotopic (exact) mass is 421 g/mol. The number of benzene rings is 1. The van der Waals surface area contributed by atoms with Gasteiger partial charge in [0.15, 0.2) is 23.4 Å². The van der Waals surface area contributed by atoms with Crippen molar-refractivity contribution in [3.8, 4) is 23.0 Å². The highest BCUT2D eigenvalue weighted by atomic mass is 16.5. The summed E-state index contributed by atoms with van der Waals surface area (Å²) in [5.41, 5.74) is 1.42. The van der Waals surface area contributed by atoms with Gasteiger partial charge in [-0.25, -0.2) is 9.97 Å². The number of carbonyl (C=O) groups is 1. The molecule has 3 aromatic rings. The number of hydrogen-bond donors (Lipinski definition) is 1. The highest BCUT2D eigenvalue weighted by Crippen LogP contribution is 2.28. The second-order valence-electron chi connectivity index (χ2n) is 7.11. The van der Waals surface area contributed by atoms with E-state index < -0.39 is 6.10 Å². The molecule has 3 heterocycles. The number of methoxy groups -OCH3 is 1. The third kappa shape index (κ3) is 4.25. The number of hydrogen-bond acceptors (Lipinski definition) is 7. The van der Waals surface area contributed by atoms with Crippen LogP contribution < -0.4 is 15.0 Å². The van der Waals surface area contributed by atoms with Crippen LogP contribution in [0.4, 0.5) is 0 Å². The Morgan fingerprint density at radius 3 is 2.77 bits per heavy atom. The first-order chi connectivity index (χ1) is 15.1. The number of fused-ring (bicyclic) bond motifs is 1.